The molecule has 7 heteroatoms. The molecule has 1 saturated heterocycles. The highest BCUT2D eigenvalue weighted by atomic mass is 35.5. The highest BCUT2D eigenvalue weighted by Crippen LogP contribution is 2.35. The Labute approximate surface area is 97.4 Å². The molecule has 1 aliphatic rings. The molecule has 0 atom stereocenters. The van der Waals surface area contributed by atoms with Crippen molar-refractivity contribution in [2.24, 2.45) is 0 Å². The van der Waals surface area contributed by atoms with Crippen LogP contribution in [0.15, 0.2) is 12.1 Å². The maximum absolute atomic E-state index is 11.0. The lowest BCUT2D eigenvalue weighted by molar-refractivity contribution is 0.247. The first-order valence-corrected chi connectivity index (χ1v) is 4.96. The second kappa shape index (κ2) is 4.07. The Morgan fingerprint density at radius 2 is 2.19 bits per heavy atom. The van der Waals surface area contributed by atoms with Crippen LogP contribution >= 0.6 is 11.6 Å². The number of halogens is 1. The Morgan fingerprint density at radius 3 is 2.75 bits per heavy atom. The summed E-state index contributed by atoms with van der Waals surface area (Å²) < 4.78 is 5.19. The molecule has 1 heterocycles. The van der Waals surface area contributed by atoms with E-state index in [1.165, 1.54) is 12.2 Å². The van der Waals surface area contributed by atoms with E-state index < -0.39 is 0 Å². The van der Waals surface area contributed by atoms with E-state index in [-0.39, 0.29) is 6.03 Å². The third kappa shape index (κ3) is 1.84. The molecule has 0 saturated carbocycles. The van der Waals surface area contributed by atoms with Crippen LogP contribution in [0.3, 0.4) is 0 Å². The smallest absolute Gasteiger partial charge is 0.350 e. The fourth-order valence-corrected chi connectivity index (χ4v) is 1.81. The van der Waals surface area contributed by atoms with E-state index in [0.29, 0.717) is 16.5 Å². The van der Waals surface area contributed by atoms with Gasteiger partial charge in [-0.15, -0.1) is 5.53 Å². The third-order valence-corrected chi connectivity index (χ3v) is 2.39. The van der Waals surface area contributed by atoms with E-state index in [1.807, 2.05) is 13.0 Å². The van der Waals surface area contributed by atoms with Gasteiger partial charge in [0.2, 0.25) is 0 Å². The van der Waals surface area contributed by atoms with Gasteiger partial charge in [-0.2, -0.15) is 5.12 Å². The standard InChI is InChI=1S/C9H11ClN4O2/c1-5-3-6(10)8(16-2)7(4-5)14-12-9(15)11-13-14/h3-4,13H,1-2H3,(H2,11,12,15). The number of rotatable bonds is 2. The van der Waals surface area contributed by atoms with Gasteiger partial charge in [-0.1, -0.05) is 11.6 Å². The molecule has 86 valence electrons. The molecule has 1 fully saturated rings. The largest absolute Gasteiger partial charge is 0.493 e. The van der Waals surface area contributed by atoms with Crippen molar-refractivity contribution in [2.75, 3.05) is 12.2 Å². The zero-order valence-electron chi connectivity index (χ0n) is 8.80. The summed E-state index contributed by atoms with van der Waals surface area (Å²) in [5, 5.41) is 1.89. The van der Waals surface area contributed by atoms with Crippen LogP contribution in [0.4, 0.5) is 10.5 Å². The van der Waals surface area contributed by atoms with Gasteiger partial charge in [-0.05, 0) is 24.6 Å². The van der Waals surface area contributed by atoms with Crippen molar-refractivity contribution in [3.8, 4) is 5.75 Å². The molecule has 2 amide bonds. The molecular formula is C9H11ClN4O2. The number of carbonyl (C=O) groups is 1. The van der Waals surface area contributed by atoms with Crippen LogP contribution in [0.25, 0.3) is 0 Å². The molecule has 0 aliphatic carbocycles. The summed E-state index contributed by atoms with van der Waals surface area (Å²) in [5.41, 5.74) is 9.15. The topological polar surface area (TPSA) is 65.6 Å². The minimum Gasteiger partial charge on any atom is -0.493 e. The van der Waals surface area contributed by atoms with Gasteiger partial charge in [-0.3, -0.25) is 5.43 Å². The summed E-state index contributed by atoms with van der Waals surface area (Å²) in [6.45, 7) is 1.90. The number of methoxy groups -OCH3 is 1. The van der Waals surface area contributed by atoms with Gasteiger partial charge in [0, 0.05) is 0 Å². The van der Waals surface area contributed by atoms with E-state index in [0.717, 1.165) is 5.56 Å². The van der Waals surface area contributed by atoms with E-state index in [2.05, 4.69) is 16.4 Å². The summed E-state index contributed by atoms with van der Waals surface area (Å²) in [6.07, 6.45) is 0. The quantitative estimate of drug-likeness (QED) is 0.727. The normalized spacial score (nSPS) is 14.7. The molecular weight excluding hydrogens is 232 g/mol. The fourth-order valence-electron chi connectivity index (χ4n) is 1.46. The molecule has 0 spiro atoms. The highest BCUT2D eigenvalue weighted by molar-refractivity contribution is 6.32. The summed E-state index contributed by atoms with van der Waals surface area (Å²) in [7, 11) is 1.52. The fraction of sp³-hybridized carbons (Fsp3) is 0.222. The number of hydrogen-bond acceptors (Lipinski definition) is 4. The lowest BCUT2D eigenvalue weighted by Crippen LogP contribution is -2.40. The van der Waals surface area contributed by atoms with E-state index in [4.69, 9.17) is 16.3 Å². The number of hydrazine groups is 3. The van der Waals surface area contributed by atoms with Gasteiger partial charge >= 0.3 is 6.03 Å². The Kier molecular flexibility index (Phi) is 2.76. The first-order chi connectivity index (χ1) is 7.61. The molecule has 0 bridgehead atoms. The van der Waals surface area contributed by atoms with Gasteiger partial charge in [0.05, 0.1) is 12.1 Å². The maximum atomic E-state index is 11.0. The molecule has 0 radical (unpaired) electrons. The third-order valence-electron chi connectivity index (χ3n) is 2.11. The number of carbonyl (C=O) groups excluding carboxylic acids is 1. The van der Waals surface area contributed by atoms with Gasteiger partial charge < -0.3 is 4.74 Å². The number of anilines is 1. The molecule has 16 heavy (non-hydrogen) atoms. The number of nitrogens with zero attached hydrogens (tertiary/aromatic N) is 1. The molecule has 1 aromatic rings. The zero-order chi connectivity index (χ0) is 11.7. The second-order valence-corrected chi connectivity index (χ2v) is 3.72. The first kappa shape index (κ1) is 10.8. The summed E-state index contributed by atoms with van der Waals surface area (Å²) in [6, 6.07) is 3.28. The Bertz CT molecular complexity index is 438. The summed E-state index contributed by atoms with van der Waals surface area (Å²) >= 11 is 6.04. The lowest BCUT2D eigenvalue weighted by Gasteiger charge is -2.19. The predicted molar refractivity (Wildman–Crippen MR) is 60.0 cm³/mol. The van der Waals surface area contributed by atoms with E-state index in [1.54, 1.807) is 6.07 Å². The van der Waals surface area contributed by atoms with Crippen LogP contribution in [0.2, 0.25) is 5.02 Å². The van der Waals surface area contributed by atoms with Crippen molar-refractivity contribution in [1.82, 2.24) is 16.4 Å². The average Bonchev–Trinajstić information content (AvgIpc) is 2.63. The molecule has 6 nitrogen and oxygen atoms in total. The number of nitrogens with one attached hydrogen (secondary N) is 3. The predicted octanol–water partition coefficient (Wildman–Crippen LogP) is 1.11. The van der Waals surface area contributed by atoms with Crippen molar-refractivity contribution in [2.45, 2.75) is 6.92 Å². The molecule has 0 aromatic heterocycles. The zero-order valence-corrected chi connectivity index (χ0v) is 9.55. The number of ether oxygens (including phenoxy) is 1. The van der Waals surface area contributed by atoms with Crippen LogP contribution in [0.5, 0.6) is 5.75 Å². The minimum atomic E-state index is -0.348. The number of aryl methyl sites for hydroxylation is 1. The second-order valence-electron chi connectivity index (χ2n) is 3.31. The lowest BCUT2D eigenvalue weighted by atomic mass is 10.2. The Balaban J connectivity index is 2.42. The van der Waals surface area contributed by atoms with Crippen LogP contribution in [-0.2, 0) is 0 Å². The van der Waals surface area contributed by atoms with Crippen LogP contribution in [-0.4, -0.2) is 13.1 Å². The van der Waals surface area contributed by atoms with Gasteiger partial charge in [-0.25, -0.2) is 10.2 Å². The number of urea groups is 1. The van der Waals surface area contributed by atoms with Crippen molar-refractivity contribution < 1.29 is 9.53 Å². The van der Waals surface area contributed by atoms with Crippen molar-refractivity contribution >= 4 is 23.3 Å². The molecule has 1 aromatic carbocycles. The Morgan fingerprint density at radius 1 is 1.44 bits per heavy atom. The average molecular weight is 243 g/mol. The SMILES string of the molecule is COc1c(Cl)cc(C)cc1N1NNC(=O)N1. The number of amides is 2. The van der Waals surface area contributed by atoms with Crippen molar-refractivity contribution in [3.05, 3.63) is 22.7 Å². The monoisotopic (exact) mass is 242 g/mol. The van der Waals surface area contributed by atoms with E-state index >= 15 is 0 Å². The van der Waals surface area contributed by atoms with Crippen molar-refractivity contribution in [1.29, 1.82) is 0 Å². The molecule has 1 aliphatic heterocycles. The van der Waals surface area contributed by atoms with Gasteiger partial charge in [0.25, 0.3) is 0 Å². The first-order valence-electron chi connectivity index (χ1n) is 4.58. The summed E-state index contributed by atoms with van der Waals surface area (Å²) in [4.78, 5) is 11.0. The highest BCUT2D eigenvalue weighted by Gasteiger charge is 2.22. The maximum Gasteiger partial charge on any atom is 0.350 e. The van der Waals surface area contributed by atoms with Crippen LogP contribution < -0.4 is 26.2 Å². The number of hydrogen-bond donors (Lipinski definition) is 3. The summed E-state index contributed by atoms with van der Waals surface area (Å²) in [5.74, 6) is 0.490. The van der Waals surface area contributed by atoms with E-state index in [9.17, 15) is 4.79 Å². The van der Waals surface area contributed by atoms with Gasteiger partial charge in [0.1, 0.15) is 5.69 Å². The molecule has 3 N–H and O–H groups in total. The van der Waals surface area contributed by atoms with Gasteiger partial charge in [0.15, 0.2) is 5.75 Å². The molecule has 2 rings (SSSR count). The minimum absolute atomic E-state index is 0.348. The Hall–Kier alpha value is -1.66. The van der Waals surface area contributed by atoms with Crippen LogP contribution in [0, 0.1) is 6.92 Å². The van der Waals surface area contributed by atoms with Crippen LogP contribution in [0.1, 0.15) is 5.56 Å². The number of benzene rings is 1. The molecule has 0 unspecified atom stereocenters. The van der Waals surface area contributed by atoms with Crippen molar-refractivity contribution in [3.63, 3.8) is 0 Å².